The van der Waals surface area contributed by atoms with Crippen molar-refractivity contribution in [1.82, 2.24) is 9.78 Å². The van der Waals surface area contributed by atoms with Gasteiger partial charge < -0.3 is 5.11 Å². The molecule has 0 bridgehead atoms. The van der Waals surface area contributed by atoms with Crippen LogP contribution in [0.2, 0.25) is 0 Å². The normalized spacial score (nSPS) is 22.4. The van der Waals surface area contributed by atoms with Gasteiger partial charge >= 0.3 is 0 Å². The zero-order chi connectivity index (χ0) is 13.6. The average molecular weight is 256 g/mol. The summed E-state index contributed by atoms with van der Waals surface area (Å²) in [6, 6.07) is 9.72. The second-order valence-corrected chi connectivity index (χ2v) is 5.43. The van der Waals surface area contributed by atoms with Crippen LogP contribution in [0, 0.1) is 6.92 Å². The highest BCUT2D eigenvalue weighted by molar-refractivity contribution is 6.00. The number of rotatable bonds is 1. The second-order valence-electron chi connectivity index (χ2n) is 5.43. The number of benzene rings is 1. The van der Waals surface area contributed by atoms with Crippen LogP contribution in [-0.4, -0.2) is 26.3 Å². The number of Topliss-reactive ketones (excluding diaryl/α,β-unsaturated/α-hetero) is 1. The minimum Gasteiger partial charge on any atom is -0.389 e. The van der Waals surface area contributed by atoms with E-state index in [9.17, 15) is 9.90 Å². The van der Waals surface area contributed by atoms with Crippen molar-refractivity contribution >= 4 is 5.78 Å². The molecule has 3 rings (SSSR count). The molecule has 1 aliphatic carbocycles. The summed E-state index contributed by atoms with van der Waals surface area (Å²) in [7, 11) is 0. The third-order valence-electron chi connectivity index (χ3n) is 3.56. The van der Waals surface area contributed by atoms with Crippen molar-refractivity contribution in [2.45, 2.75) is 32.3 Å². The lowest BCUT2D eigenvalue weighted by atomic mass is 9.84. The van der Waals surface area contributed by atoms with Gasteiger partial charge in [0.25, 0.3) is 0 Å². The third-order valence-corrected chi connectivity index (χ3v) is 3.56. The van der Waals surface area contributed by atoms with Crippen molar-refractivity contribution in [2.75, 3.05) is 0 Å². The van der Waals surface area contributed by atoms with E-state index < -0.39 is 5.60 Å². The first-order valence-electron chi connectivity index (χ1n) is 6.37. The van der Waals surface area contributed by atoms with Crippen molar-refractivity contribution in [2.24, 2.45) is 0 Å². The van der Waals surface area contributed by atoms with Crippen molar-refractivity contribution in [3.63, 3.8) is 0 Å². The van der Waals surface area contributed by atoms with Crippen molar-refractivity contribution < 1.29 is 9.90 Å². The summed E-state index contributed by atoms with van der Waals surface area (Å²) in [6.45, 7) is 3.58. The zero-order valence-electron chi connectivity index (χ0n) is 11.1. The van der Waals surface area contributed by atoms with E-state index in [0.29, 0.717) is 17.7 Å². The molecular formula is C15H16N2O2. The predicted molar refractivity (Wildman–Crippen MR) is 71.6 cm³/mol. The smallest absolute Gasteiger partial charge is 0.169 e. The van der Waals surface area contributed by atoms with E-state index in [-0.39, 0.29) is 12.2 Å². The maximum atomic E-state index is 12.2. The number of nitrogens with zero attached hydrogens (tertiary/aromatic N) is 2. The number of hydrogen-bond donors (Lipinski definition) is 1. The van der Waals surface area contributed by atoms with E-state index in [0.717, 1.165) is 11.4 Å². The standard InChI is InChI=1S/C15H16N2O2/c1-10-14-12(8-15(2,19)9-13(14)18)16-17(10)11-6-4-3-5-7-11/h3-7,19H,8-9H2,1-2H3. The van der Waals surface area contributed by atoms with Crippen LogP contribution in [0.4, 0.5) is 0 Å². The van der Waals surface area contributed by atoms with E-state index in [1.807, 2.05) is 37.3 Å². The highest BCUT2D eigenvalue weighted by Crippen LogP contribution is 2.30. The van der Waals surface area contributed by atoms with Gasteiger partial charge in [0.1, 0.15) is 0 Å². The molecule has 0 spiro atoms. The van der Waals surface area contributed by atoms with Crippen LogP contribution in [0.25, 0.3) is 5.69 Å². The number of aromatic nitrogens is 2. The molecule has 2 aromatic rings. The Morgan fingerprint density at radius 3 is 2.63 bits per heavy atom. The molecule has 1 N–H and O–H groups in total. The van der Waals surface area contributed by atoms with Crippen molar-refractivity contribution in [3.05, 3.63) is 47.3 Å². The van der Waals surface area contributed by atoms with E-state index in [2.05, 4.69) is 5.10 Å². The fourth-order valence-electron chi connectivity index (χ4n) is 2.72. The number of hydrogen-bond acceptors (Lipinski definition) is 3. The van der Waals surface area contributed by atoms with Crippen LogP contribution in [0.3, 0.4) is 0 Å². The van der Waals surface area contributed by atoms with Crippen LogP contribution in [0.5, 0.6) is 0 Å². The number of carbonyl (C=O) groups is 1. The van der Waals surface area contributed by atoms with Gasteiger partial charge in [0, 0.05) is 12.8 Å². The molecule has 98 valence electrons. The molecule has 0 saturated heterocycles. The lowest BCUT2D eigenvalue weighted by Crippen LogP contribution is -2.35. The van der Waals surface area contributed by atoms with Gasteiger partial charge in [0.05, 0.1) is 28.2 Å². The quantitative estimate of drug-likeness (QED) is 0.849. The lowest BCUT2D eigenvalue weighted by molar-refractivity contribution is 0.0404. The maximum absolute atomic E-state index is 12.2. The highest BCUT2D eigenvalue weighted by atomic mass is 16.3. The van der Waals surface area contributed by atoms with E-state index in [1.54, 1.807) is 11.6 Å². The number of aliphatic hydroxyl groups is 1. The second kappa shape index (κ2) is 4.03. The Kier molecular flexibility index (Phi) is 2.57. The van der Waals surface area contributed by atoms with Crippen LogP contribution in [-0.2, 0) is 6.42 Å². The average Bonchev–Trinajstić information content (AvgIpc) is 2.66. The molecule has 1 atom stereocenters. The van der Waals surface area contributed by atoms with Gasteiger partial charge in [-0.1, -0.05) is 18.2 Å². The Morgan fingerprint density at radius 2 is 1.95 bits per heavy atom. The third kappa shape index (κ3) is 1.98. The Labute approximate surface area is 111 Å². The molecule has 19 heavy (non-hydrogen) atoms. The van der Waals surface area contributed by atoms with Crippen molar-refractivity contribution in [3.8, 4) is 5.69 Å². The summed E-state index contributed by atoms with van der Waals surface area (Å²) in [5.41, 5.74) is 2.17. The van der Waals surface area contributed by atoms with Gasteiger partial charge in [-0.15, -0.1) is 0 Å². The molecule has 1 aromatic heterocycles. The summed E-state index contributed by atoms with van der Waals surface area (Å²) < 4.78 is 1.78. The Morgan fingerprint density at radius 1 is 1.26 bits per heavy atom. The Hall–Kier alpha value is -1.94. The molecule has 1 aliphatic rings. The number of ketones is 1. The molecule has 0 fully saturated rings. The molecule has 0 radical (unpaired) electrons. The first-order chi connectivity index (χ1) is 8.98. The van der Waals surface area contributed by atoms with Gasteiger partial charge in [-0.3, -0.25) is 4.79 Å². The maximum Gasteiger partial charge on any atom is 0.169 e. The molecule has 1 heterocycles. The Balaban J connectivity index is 2.15. The fraction of sp³-hybridized carbons (Fsp3) is 0.333. The fourth-order valence-corrected chi connectivity index (χ4v) is 2.72. The van der Waals surface area contributed by atoms with E-state index in [1.165, 1.54) is 0 Å². The first-order valence-corrected chi connectivity index (χ1v) is 6.37. The highest BCUT2D eigenvalue weighted by Gasteiger charge is 2.36. The van der Waals surface area contributed by atoms with Crippen molar-refractivity contribution in [1.29, 1.82) is 0 Å². The van der Waals surface area contributed by atoms with Gasteiger partial charge in [-0.05, 0) is 26.0 Å². The van der Waals surface area contributed by atoms with Gasteiger partial charge in [-0.2, -0.15) is 5.10 Å². The molecule has 1 unspecified atom stereocenters. The summed E-state index contributed by atoms with van der Waals surface area (Å²) >= 11 is 0. The summed E-state index contributed by atoms with van der Waals surface area (Å²) in [5.74, 6) is -0.0223. The van der Waals surface area contributed by atoms with Gasteiger partial charge in [0.15, 0.2) is 5.78 Å². The molecule has 1 aromatic carbocycles. The van der Waals surface area contributed by atoms with Gasteiger partial charge in [0.2, 0.25) is 0 Å². The topological polar surface area (TPSA) is 55.1 Å². The minimum absolute atomic E-state index is 0.0223. The molecule has 0 saturated carbocycles. The van der Waals surface area contributed by atoms with Crippen LogP contribution < -0.4 is 0 Å². The number of fused-ring (bicyclic) bond motifs is 1. The molecule has 4 heteroatoms. The van der Waals surface area contributed by atoms with E-state index in [4.69, 9.17) is 0 Å². The molecular weight excluding hydrogens is 240 g/mol. The minimum atomic E-state index is -0.980. The van der Waals surface area contributed by atoms with E-state index >= 15 is 0 Å². The predicted octanol–water partition coefficient (Wildman–Crippen LogP) is 2.06. The lowest BCUT2D eigenvalue weighted by Gasteiger charge is -2.25. The summed E-state index contributed by atoms with van der Waals surface area (Å²) in [5, 5.41) is 14.6. The largest absolute Gasteiger partial charge is 0.389 e. The number of para-hydroxylation sites is 1. The Bertz CT molecular complexity index is 642. The molecule has 0 amide bonds. The van der Waals surface area contributed by atoms with Gasteiger partial charge in [-0.25, -0.2) is 4.68 Å². The van der Waals surface area contributed by atoms with Crippen LogP contribution in [0.15, 0.2) is 30.3 Å². The molecule has 0 aliphatic heterocycles. The van der Waals surface area contributed by atoms with Crippen LogP contribution >= 0.6 is 0 Å². The van der Waals surface area contributed by atoms with Crippen LogP contribution in [0.1, 0.15) is 35.1 Å². The SMILES string of the molecule is Cc1c2c(nn1-c1ccccc1)CC(C)(O)CC2=O. The molecule has 4 nitrogen and oxygen atoms in total. The summed E-state index contributed by atoms with van der Waals surface area (Å²) in [4.78, 5) is 12.2. The first kappa shape index (κ1) is 12.1. The summed E-state index contributed by atoms with van der Waals surface area (Å²) in [6.07, 6.45) is 0.593. The zero-order valence-corrected chi connectivity index (χ0v) is 11.1. The number of carbonyl (C=O) groups excluding carboxylic acids is 1. The monoisotopic (exact) mass is 256 g/mol.